The van der Waals surface area contributed by atoms with E-state index < -0.39 is 41.6 Å². The van der Waals surface area contributed by atoms with Crippen molar-refractivity contribution in [2.24, 2.45) is 0 Å². The summed E-state index contributed by atoms with van der Waals surface area (Å²) >= 11 is 0. The Hall–Kier alpha value is -5.45. The van der Waals surface area contributed by atoms with Gasteiger partial charge >= 0.3 is 5.97 Å². The van der Waals surface area contributed by atoms with Crippen molar-refractivity contribution in [2.75, 3.05) is 13.2 Å². The lowest BCUT2D eigenvalue weighted by molar-refractivity contribution is -0.139. The molecule has 0 spiro atoms. The van der Waals surface area contributed by atoms with Gasteiger partial charge in [0.15, 0.2) is 0 Å². The Balaban J connectivity index is 1.53. The molecule has 0 aliphatic carbocycles. The maximum absolute atomic E-state index is 13.4. The second kappa shape index (κ2) is 15.7. The van der Waals surface area contributed by atoms with Gasteiger partial charge in [-0.1, -0.05) is 66.7 Å². The summed E-state index contributed by atoms with van der Waals surface area (Å²) in [5, 5.41) is 2.64. The lowest BCUT2D eigenvalue weighted by atomic mass is 9.98. The number of amides is 1. The van der Waals surface area contributed by atoms with Crippen LogP contribution in [-0.4, -0.2) is 57.2 Å². The van der Waals surface area contributed by atoms with E-state index in [1.54, 1.807) is 85.9 Å². The van der Waals surface area contributed by atoms with Crippen molar-refractivity contribution >= 4 is 23.4 Å². The van der Waals surface area contributed by atoms with Crippen LogP contribution in [0, 0.1) is 0 Å². The fourth-order valence-corrected chi connectivity index (χ4v) is 4.41. The molecule has 44 heavy (non-hydrogen) atoms. The van der Waals surface area contributed by atoms with Crippen LogP contribution in [0.5, 0.6) is 5.88 Å². The molecule has 0 fully saturated rings. The summed E-state index contributed by atoms with van der Waals surface area (Å²) < 4.78 is 11.5. The number of ether oxygens (including phenoxy) is 2. The van der Waals surface area contributed by atoms with Gasteiger partial charge in [0, 0.05) is 36.9 Å². The first-order chi connectivity index (χ1) is 21.4. The van der Waals surface area contributed by atoms with E-state index in [1.165, 1.54) is 0 Å². The predicted molar refractivity (Wildman–Crippen MR) is 161 cm³/mol. The van der Waals surface area contributed by atoms with Crippen LogP contribution in [-0.2, 0) is 32.1 Å². The molecule has 2 aromatic heterocycles. The highest BCUT2D eigenvalue weighted by molar-refractivity contribution is 6.39. The van der Waals surface area contributed by atoms with Crippen molar-refractivity contribution in [3.63, 3.8) is 0 Å². The molecule has 2 heterocycles. The molecule has 1 N–H and O–H groups in total. The van der Waals surface area contributed by atoms with E-state index in [-0.39, 0.29) is 43.9 Å². The molecular weight excluding hydrogens is 564 g/mol. The van der Waals surface area contributed by atoms with Gasteiger partial charge in [-0.25, -0.2) is 14.8 Å². The summed E-state index contributed by atoms with van der Waals surface area (Å²) in [6.45, 7) is 1.27. The number of aromatic nitrogens is 3. The molecule has 0 aliphatic heterocycles. The quantitative estimate of drug-likeness (QED) is 0.124. The van der Waals surface area contributed by atoms with E-state index in [4.69, 9.17) is 9.47 Å². The maximum Gasteiger partial charge on any atom is 0.345 e. The van der Waals surface area contributed by atoms with Crippen LogP contribution in [0.25, 0.3) is 11.4 Å². The van der Waals surface area contributed by atoms with Crippen LogP contribution in [0.15, 0.2) is 96.1 Å². The first kappa shape index (κ1) is 31.5. The van der Waals surface area contributed by atoms with E-state index in [2.05, 4.69) is 15.3 Å². The number of hydrogen-bond acceptors (Lipinski definition) is 9. The van der Waals surface area contributed by atoms with E-state index in [0.717, 1.165) is 16.3 Å². The third kappa shape index (κ3) is 8.54. The molecule has 0 saturated carbocycles. The maximum atomic E-state index is 13.4. The molecule has 1 unspecified atom stereocenters. The molecule has 4 aromatic rings. The van der Waals surface area contributed by atoms with Gasteiger partial charge in [0.25, 0.3) is 5.56 Å². The van der Waals surface area contributed by atoms with Crippen LogP contribution >= 0.6 is 0 Å². The molecule has 0 aliphatic rings. The molecule has 0 bridgehead atoms. The highest BCUT2D eigenvalue weighted by atomic mass is 16.5. The van der Waals surface area contributed by atoms with Crippen LogP contribution in [0.4, 0.5) is 0 Å². The van der Waals surface area contributed by atoms with E-state index in [0.29, 0.717) is 11.4 Å². The summed E-state index contributed by atoms with van der Waals surface area (Å²) in [6.07, 6.45) is 2.95. The molecule has 1 atom stereocenters. The molecular formula is C33H32N4O7. The van der Waals surface area contributed by atoms with Crippen LogP contribution in [0.2, 0.25) is 0 Å². The van der Waals surface area contributed by atoms with Gasteiger partial charge in [0.2, 0.25) is 23.4 Å². The number of ketones is 2. The summed E-state index contributed by atoms with van der Waals surface area (Å²) in [6, 6.07) is 21.6. The lowest BCUT2D eigenvalue weighted by Gasteiger charge is -2.19. The zero-order valence-electron chi connectivity index (χ0n) is 24.2. The van der Waals surface area contributed by atoms with Crippen LogP contribution in [0.3, 0.4) is 0 Å². The van der Waals surface area contributed by atoms with Crippen molar-refractivity contribution in [1.82, 2.24) is 19.9 Å². The number of pyridine rings is 1. The summed E-state index contributed by atoms with van der Waals surface area (Å²) in [5.74, 6) is -2.46. The number of carbonyl (C=O) groups excluding carboxylic acids is 4. The average molecular weight is 597 g/mol. The van der Waals surface area contributed by atoms with Crippen molar-refractivity contribution in [1.29, 1.82) is 0 Å². The van der Waals surface area contributed by atoms with Crippen molar-refractivity contribution in [3.8, 4) is 17.3 Å². The Kier molecular flexibility index (Phi) is 11.2. The van der Waals surface area contributed by atoms with Gasteiger partial charge < -0.3 is 14.8 Å². The van der Waals surface area contributed by atoms with E-state index in [9.17, 15) is 24.0 Å². The zero-order chi connectivity index (χ0) is 31.3. The minimum Gasteiger partial charge on any atom is -0.478 e. The SMILES string of the molecule is CCOC(=O)c1cnc(-c2ccccc2)n(CC(=O)NC(Cc2ccccc2)C(=O)C(=O)CCCOc2ccccn2)c1=O. The molecule has 2 aromatic carbocycles. The number of benzene rings is 2. The standard InChI is InChI=1S/C33H32N4O7/c1-2-43-33(42)25-21-35-31(24-14-7-4-8-15-24)37(32(25)41)22-28(39)36-26(20-23-12-5-3-6-13-23)30(40)27(38)16-11-19-44-29-17-9-10-18-34-29/h3-10,12-15,17-18,21,26H,2,11,16,19-20,22H2,1H3,(H,36,39). The van der Waals surface area contributed by atoms with E-state index in [1.807, 2.05) is 6.07 Å². The molecule has 0 saturated heterocycles. The summed E-state index contributed by atoms with van der Waals surface area (Å²) in [7, 11) is 0. The normalized spacial score (nSPS) is 11.3. The lowest BCUT2D eigenvalue weighted by Crippen LogP contribution is -2.47. The molecule has 11 heteroatoms. The van der Waals surface area contributed by atoms with Gasteiger partial charge in [-0.15, -0.1) is 0 Å². The smallest absolute Gasteiger partial charge is 0.345 e. The number of esters is 1. The third-order valence-corrected chi connectivity index (χ3v) is 6.52. The summed E-state index contributed by atoms with van der Waals surface area (Å²) in [4.78, 5) is 73.8. The average Bonchev–Trinajstić information content (AvgIpc) is 3.04. The molecule has 4 rings (SSSR count). The Bertz CT molecular complexity index is 1640. The number of hydrogen-bond donors (Lipinski definition) is 1. The number of carbonyl (C=O) groups is 4. The van der Waals surface area contributed by atoms with Crippen LogP contribution < -0.4 is 15.6 Å². The third-order valence-electron chi connectivity index (χ3n) is 6.52. The molecule has 0 radical (unpaired) electrons. The van der Waals surface area contributed by atoms with E-state index >= 15 is 0 Å². The van der Waals surface area contributed by atoms with Crippen molar-refractivity contribution in [2.45, 2.75) is 38.8 Å². The van der Waals surface area contributed by atoms with Gasteiger partial charge in [-0.05, 0) is 25.0 Å². The van der Waals surface area contributed by atoms with Gasteiger partial charge in [0.1, 0.15) is 17.9 Å². The van der Waals surface area contributed by atoms with Gasteiger partial charge in [0.05, 0.1) is 19.3 Å². The Labute approximate surface area is 253 Å². The van der Waals surface area contributed by atoms with Crippen molar-refractivity contribution < 1.29 is 28.7 Å². The van der Waals surface area contributed by atoms with Gasteiger partial charge in [-0.2, -0.15) is 0 Å². The summed E-state index contributed by atoms with van der Waals surface area (Å²) in [5.41, 5.74) is 0.153. The largest absolute Gasteiger partial charge is 0.478 e. The fourth-order valence-electron chi connectivity index (χ4n) is 4.41. The first-order valence-corrected chi connectivity index (χ1v) is 14.1. The second-order valence-corrected chi connectivity index (χ2v) is 9.69. The zero-order valence-corrected chi connectivity index (χ0v) is 24.2. The van der Waals surface area contributed by atoms with Gasteiger partial charge in [-0.3, -0.25) is 23.7 Å². The Morgan fingerprint density at radius 2 is 1.61 bits per heavy atom. The van der Waals surface area contributed by atoms with Crippen molar-refractivity contribution in [3.05, 3.63) is 113 Å². The highest BCUT2D eigenvalue weighted by Crippen LogP contribution is 2.16. The minimum absolute atomic E-state index is 0.0474. The number of rotatable bonds is 15. The molecule has 1 amide bonds. The number of nitrogens with one attached hydrogen (secondary N) is 1. The predicted octanol–water partition coefficient (Wildman–Crippen LogP) is 3.21. The Morgan fingerprint density at radius 1 is 0.909 bits per heavy atom. The monoisotopic (exact) mass is 596 g/mol. The fraction of sp³-hybridized carbons (Fsp3) is 0.242. The molecule has 11 nitrogen and oxygen atoms in total. The topological polar surface area (TPSA) is 147 Å². The first-order valence-electron chi connectivity index (χ1n) is 14.1. The number of Topliss-reactive ketones (excluding diaryl/α,β-unsaturated/α-hetero) is 2. The number of nitrogens with zero attached hydrogens (tertiary/aromatic N) is 3. The molecule has 226 valence electrons. The van der Waals surface area contributed by atoms with Crippen LogP contribution in [0.1, 0.15) is 35.7 Å². The highest BCUT2D eigenvalue weighted by Gasteiger charge is 2.28. The second-order valence-electron chi connectivity index (χ2n) is 9.69. The Morgan fingerprint density at radius 3 is 2.30 bits per heavy atom. The minimum atomic E-state index is -1.19.